The summed E-state index contributed by atoms with van der Waals surface area (Å²) in [7, 11) is 0. The van der Waals surface area contributed by atoms with Crippen LogP contribution in [0.15, 0.2) is 30.3 Å². The Morgan fingerprint density at radius 1 is 0.368 bits per heavy atom. The Hall–Kier alpha value is -12.7. The van der Waals surface area contributed by atoms with Crippen LogP contribution >= 0.6 is 0 Å². The molecule has 0 bridgehead atoms. The van der Waals surface area contributed by atoms with Gasteiger partial charge in [0, 0.05) is 38.6 Å². The number of nitrogens with two attached hydrogens (primary N) is 2. The maximum absolute atomic E-state index is 14.6. The van der Waals surface area contributed by atoms with E-state index < -0.39 is 339 Å². The maximum atomic E-state index is 14.6. The van der Waals surface area contributed by atoms with E-state index in [1.807, 2.05) is 0 Å². The third-order valence-electron chi connectivity index (χ3n) is 21.3. The normalized spacial score (nSPS) is 17.6. The number of amides is 18. The smallest absolute Gasteiger partial charge is 0.326 e. The van der Waals surface area contributed by atoms with Crippen molar-refractivity contribution >= 4 is 130 Å². The van der Waals surface area contributed by atoms with Gasteiger partial charge in [-0.05, 0) is 121 Å². The number of rotatable bonds is 59. The fourth-order valence-corrected chi connectivity index (χ4v) is 14.0. The second kappa shape index (κ2) is 56.3. The number of carboxylic acids is 4. The minimum Gasteiger partial charge on any atom is -0.481 e. The van der Waals surface area contributed by atoms with Gasteiger partial charge in [0.2, 0.25) is 106 Å². The van der Waals surface area contributed by atoms with Crippen LogP contribution in [0.2, 0.25) is 0 Å². The number of likely N-dealkylation sites (tertiary alicyclic amines) is 1. The molecule has 133 heavy (non-hydrogen) atoms. The van der Waals surface area contributed by atoms with Crippen LogP contribution in [0.25, 0.3) is 0 Å². The van der Waals surface area contributed by atoms with Gasteiger partial charge in [-0.25, -0.2) is 4.79 Å². The SMILES string of the molecule is CC(C)C[C@H](NC(=O)[C@H](CO)NC(=O)[C@H](CCC(N)=O)NC(=O)[C@H](CO)NC(=O)[C@H](CCC(=O)O)NC(=O)[C@@H](NC(=O)[C@H](Cc1ccccc1)NC(=O)[C@@H]1CCCN1C(=O)[C@H](CCC(N)=O)NC(=O)[C@@H](NC(=O)[C@@H]1CCCN1)C(C)C)[C@@H](C)O)C(=O)N[C@H](C(=O)N[C@@H](CC(C)C)C(=O)N[C@H](C(=O)N[C@@H](CC(=O)O)C(=O)N[C@H](C(=O)N[C@@H](CCC(=O)O)C(=O)O)C(C)C)[C@@H](C)O)[C@@H](C)O. The van der Waals surface area contributed by atoms with E-state index in [0.29, 0.717) is 18.5 Å². The molecule has 50 heteroatoms. The highest BCUT2D eigenvalue weighted by atomic mass is 16.4. The first-order valence-electron chi connectivity index (χ1n) is 43.6. The predicted octanol–water partition coefficient (Wildman–Crippen LogP) is -9.40. The molecule has 2 aliphatic heterocycles. The van der Waals surface area contributed by atoms with Gasteiger partial charge in [-0.3, -0.25) is 101 Å². The van der Waals surface area contributed by atoms with E-state index in [2.05, 4.69) is 85.1 Å². The van der Waals surface area contributed by atoms with E-state index in [1.54, 1.807) is 71.9 Å². The number of hydrogen-bond acceptors (Lipinski definition) is 28. The van der Waals surface area contributed by atoms with E-state index in [1.165, 1.54) is 13.8 Å². The van der Waals surface area contributed by atoms with Crippen LogP contribution in [0.5, 0.6) is 0 Å². The highest BCUT2D eigenvalue weighted by molar-refractivity contribution is 6.02. The zero-order chi connectivity index (χ0) is 101. The molecule has 2 fully saturated rings. The van der Waals surface area contributed by atoms with Crippen molar-refractivity contribution in [3.8, 4) is 0 Å². The Morgan fingerprint density at radius 2 is 0.714 bits per heavy atom. The minimum atomic E-state index is -2.15. The molecule has 0 saturated carbocycles. The van der Waals surface area contributed by atoms with Crippen LogP contribution in [0.3, 0.4) is 0 Å². The highest BCUT2D eigenvalue weighted by Crippen LogP contribution is 2.23. The molecule has 744 valence electrons. The topological polar surface area (TPSA) is 805 Å². The number of aliphatic carboxylic acids is 4. The first kappa shape index (κ1) is 114. The number of benzene rings is 1. The van der Waals surface area contributed by atoms with Crippen molar-refractivity contribution in [2.45, 2.75) is 300 Å². The summed E-state index contributed by atoms with van der Waals surface area (Å²) >= 11 is 0. The molecule has 0 radical (unpaired) electrons. The van der Waals surface area contributed by atoms with E-state index in [9.17, 15) is 146 Å². The Kier molecular flexibility index (Phi) is 48.4. The van der Waals surface area contributed by atoms with E-state index >= 15 is 0 Å². The van der Waals surface area contributed by atoms with E-state index in [4.69, 9.17) is 16.6 Å². The van der Waals surface area contributed by atoms with Crippen molar-refractivity contribution in [1.29, 1.82) is 0 Å². The second-order valence-corrected chi connectivity index (χ2v) is 34.2. The molecule has 20 atom stereocenters. The fraction of sp³-hybridized carbons (Fsp3) is 0.663. The molecule has 0 unspecified atom stereocenters. The minimum absolute atomic E-state index is 0.0136. The fourth-order valence-electron chi connectivity index (χ4n) is 14.0. The first-order valence-corrected chi connectivity index (χ1v) is 43.6. The van der Waals surface area contributed by atoms with Crippen molar-refractivity contribution in [2.75, 3.05) is 26.3 Å². The summed E-state index contributed by atoms with van der Waals surface area (Å²) in [6.07, 6.45) is -11.2. The van der Waals surface area contributed by atoms with Gasteiger partial charge in [-0.15, -0.1) is 0 Å². The van der Waals surface area contributed by atoms with Gasteiger partial charge < -0.3 is 147 Å². The number of nitrogens with zero attached hydrogens (tertiary/aromatic N) is 1. The predicted molar refractivity (Wildman–Crippen MR) is 463 cm³/mol. The molecule has 1 aromatic carbocycles. The van der Waals surface area contributed by atoms with Gasteiger partial charge in [0.15, 0.2) is 0 Å². The van der Waals surface area contributed by atoms with Crippen LogP contribution < -0.4 is 96.5 Å². The van der Waals surface area contributed by atoms with Crippen LogP contribution in [-0.2, 0) is 112 Å². The van der Waals surface area contributed by atoms with Gasteiger partial charge in [-0.2, -0.15) is 0 Å². The van der Waals surface area contributed by atoms with Crippen LogP contribution in [0.4, 0.5) is 0 Å². The lowest BCUT2D eigenvalue weighted by Crippen LogP contribution is -2.63. The zero-order valence-corrected chi connectivity index (χ0v) is 76.0. The highest BCUT2D eigenvalue weighted by Gasteiger charge is 2.44. The summed E-state index contributed by atoms with van der Waals surface area (Å²) < 4.78 is 0. The number of primary amides is 2. The number of nitrogens with one attached hydrogen (secondary N) is 16. The largest absolute Gasteiger partial charge is 0.481 e. The van der Waals surface area contributed by atoms with Gasteiger partial charge in [0.25, 0.3) is 0 Å². The molecule has 18 amide bonds. The van der Waals surface area contributed by atoms with Crippen LogP contribution in [-0.4, -0.2) is 328 Å². The van der Waals surface area contributed by atoms with Crippen LogP contribution in [0, 0.1) is 23.7 Å². The van der Waals surface area contributed by atoms with Gasteiger partial charge in [0.05, 0.1) is 44.0 Å². The Labute approximate surface area is 765 Å². The van der Waals surface area contributed by atoms with Crippen LogP contribution in [0.1, 0.15) is 178 Å². The summed E-state index contributed by atoms with van der Waals surface area (Å²) in [4.78, 5) is 298. The molecule has 50 nitrogen and oxygen atoms in total. The van der Waals surface area contributed by atoms with Crippen molar-refractivity contribution in [3.63, 3.8) is 0 Å². The average molecular weight is 1890 g/mol. The number of carbonyl (C=O) groups excluding carboxylic acids is 18. The van der Waals surface area contributed by atoms with Crippen molar-refractivity contribution in [1.82, 2.24) is 90.0 Å². The van der Waals surface area contributed by atoms with Crippen molar-refractivity contribution in [2.24, 2.45) is 35.1 Å². The van der Waals surface area contributed by atoms with Crippen molar-refractivity contribution < 1.29 is 151 Å². The molecule has 0 aliphatic carbocycles. The van der Waals surface area contributed by atoms with Crippen molar-refractivity contribution in [3.05, 3.63) is 35.9 Å². The molecule has 0 aromatic heterocycles. The molecule has 2 heterocycles. The van der Waals surface area contributed by atoms with E-state index in [-0.39, 0.29) is 45.1 Å². The molecule has 1 aromatic rings. The number of carboxylic acid groups (broad SMARTS) is 4. The summed E-state index contributed by atoms with van der Waals surface area (Å²) in [6.45, 7) is 13.4. The lowest BCUT2D eigenvalue weighted by atomic mass is 10.00. The Morgan fingerprint density at radius 3 is 1.11 bits per heavy atom. The number of carbonyl (C=O) groups is 22. The molecule has 3 rings (SSSR count). The molecular formula is C83H131N19O31. The summed E-state index contributed by atoms with van der Waals surface area (Å²) in [5, 5.41) is 130. The zero-order valence-electron chi connectivity index (χ0n) is 76.0. The first-order chi connectivity index (χ1) is 62.2. The molecule has 2 saturated heterocycles. The standard InChI is InChI=1S/C83H131N19O31/c1-37(2)31-50(70(119)99-65(42(10)106)80(129)93-51(32-38(3)4)71(120)100-66(43(11)107)81(130)94-53(34-61(114)115)73(122)98-63(40(7)8)78(127)90-49(83(132)133)24-28-60(112)113)91-75(124)55(36-104)96-68(117)46(21-25-57(84)108)87-74(123)54(35-103)95-69(118)47(23-27-59(110)111)88-79(128)64(41(9)105)101-72(121)52(33-44-17-13-12-14-18-44)92-76(125)56-20-16-30-102(56)82(131)48(22-26-58(85)109)89-77(126)62(39(5)6)97-67(116)45-19-15-29-86-45/h12-14,17-18,37-43,45-56,62-66,86,103-107H,15-16,19-36H2,1-11H3,(H2,84,108)(H2,85,109)(H,87,123)(H,88,128)(H,89,126)(H,90,127)(H,91,124)(H,92,125)(H,93,129)(H,94,130)(H,95,118)(H,96,117)(H,97,116)(H,98,122)(H,99,119)(H,100,120)(H,101,121)(H,110,111)(H,112,113)(H,114,115)(H,132,133)/t41-,42-,43-,45+,46+,47+,48+,49+,50+,51+,52+,53+,54+,55+,56+,62+,63+,64+,65+,66+/m1/s1. The van der Waals surface area contributed by atoms with Gasteiger partial charge >= 0.3 is 23.9 Å². The molecule has 29 N–H and O–H groups in total. The third kappa shape index (κ3) is 39.3. The summed E-state index contributed by atoms with van der Waals surface area (Å²) in [5.41, 5.74) is 11.3. The summed E-state index contributed by atoms with van der Waals surface area (Å²) in [5.74, 6) is -29.1. The average Bonchev–Trinajstić information content (AvgIpc) is 1.73. The Bertz CT molecular complexity index is 4240. The lowest BCUT2D eigenvalue weighted by molar-refractivity contribution is -0.144. The number of aliphatic hydroxyl groups excluding tert-OH is 5. The third-order valence-corrected chi connectivity index (χ3v) is 21.3. The quantitative estimate of drug-likeness (QED) is 0.0288. The maximum Gasteiger partial charge on any atom is 0.326 e. The Balaban J connectivity index is 1.87. The van der Waals surface area contributed by atoms with E-state index in [0.717, 1.165) is 32.1 Å². The monoisotopic (exact) mass is 1890 g/mol. The number of hydrogen-bond donors (Lipinski definition) is 27. The number of aliphatic hydroxyl groups is 5. The van der Waals surface area contributed by atoms with Gasteiger partial charge in [-0.1, -0.05) is 85.7 Å². The molecular weight excluding hydrogens is 1760 g/mol. The van der Waals surface area contributed by atoms with Gasteiger partial charge in [0.1, 0.15) is 96.7 Å². The lowest BCUT2D eigenvalue weighted by Gasteiger charge is -2.31. The second-order valence-electron chi connectivity index (χ2n) is 34.2. The summed E-state index contributed by atoms with van der Waals surface area (Å²) in [6, 6.07) is -21.3. The molecule has 0 spiro atoms. The molecule has 2 aliphatic rings.